The van der Waals surface area contributed by atoms with Gasteiger partial charge in [-0.2, -0.15) is 5.26 Å². The number of benzene rings is 1. The fraction of sp³-hybridized carbons (Fsp3) is 0.160. The van der Waals surface area contributed by atoms with Crippen LogP contribution in [-0.2, 0) is 12.5 Å². The summed E-state index contributed by atoms with van der Waals surface area (Å²) in [7, 11) is 1.72. The van der Waals surface area contributed by atoms with Gasteiger partial charge in [-0.3, -0.25) is 14.1 Å². The number of aryl methyl sites for hydroxylation is 1. The summed E-state index contributed by atoms with van der Waals surface area (Å²) >= 11 is 0. The summed E-state index contributed by atoms with van der Waals surface area (Å²) in [5, 5.41) is 9.44. The Labute approximate surface area is 189 Å². The van der Waals surface area contributed by atoms with Crippen LogP contribution in [0.3, 0.4) is 0 Å². The normalized spacial score (nSPS) is 11.7. The summed E-state index contributed by atoms with van der Waals surface area (Å²) in [5.41, 5.74) is 10.6. The second kappa shape index (κ2) is 7.28. The SMILES string of the molecule is Cn1c(=O)n(-c2ccc(C(C)(C)C#N)cc2)c2c3nc(-c4ccc(N)nc4)ccc3ncc21. The molecule has 0 unspecified atom stereocenters. The first-order valence-corrected chi connectivity index (χ1v) is 10.4. The van der Waals surface area contributed by atoms with E-state index in [1.165, 1.54) is 0 Å². The van der Waals surface area contributed by atoms with E-state index in [1.807, 2.05) is 56.3 Å². The van der Waals surface area contributed by atoms with Crippen LogP contribution in [0, 0.1) is 11.3 Å². The zero-order chi connectivity index (χ0) is 23.3. The van der Waals surface area contributed by atoms with Crippen molar-refractivity contribution in [2.75, 3.05) is 5.73 Å². The van der Waals surface area contributed by atoms with E-state index in [0.717, 1.165) is 11.1 Å². The van der Waals surface area contributed by atoms with Gasteiger partial charge in [0.05, 0.1) is 40.1 Å². The van der Waals surface area contributed by atoms with Gasteiger partial charge in [0.1, 0.15) is 16.9 Å². The smallest absolute Gasteiger partial charge is 0.333 e. The Bertz CT molecular complexity index is 1620. The maximum atomic E-state index is 13.3. The lowest BCUT2D eigenvalue weighted by Gasteiger charge is -2.16. The number of aromatic nitrogens is 5. The third kappa shape index (κ3) is 3.22. The van der Waals surface area contributed by atoms with Crippen molar-refractivity contribution in [2.24, 2.45) is 7.05 Å². The molecule has 0 amide bonds. The molecule has 0 spiro atoms. The van der Waals surface area contributed by atoms with E-state index in [1.54, 1.807) is 34.6 Å². The molecule has 0 atom stereocenters. The van der Waals surface area contributed by atoms with Crippen LogP contribution in [-0.4, -0.2) is 24.1 Å². The van der Waals surface area contributed by atoms with Crippen LogP contribution in [0.5, 0.6) is 0 Å². The Hall–Kier alpha value is -4.51. The Kier molecular flexibility index (Phi) is 4.50. The number of anilines is 1. The molecular formula is C25H21N7O. The van der Waals surface area contributed by atoms with Gasteiger partial charge in [-0.25, -0.2) is 14.8 Å². The van der Waals surface area contributed by atoms with Gasteiger partial charge in [0.25, 0.3) is 0 Å². The summed E-state index contributed by atoms with van der Waals surface area (Å²) in [4.78, 5) is 26.8. The number of nitrogen functional groups attached to an aromatic ring is 1. The fourth-order valence-corrected chi connectivity index (χ4v) is 3.91. The Balaban J connectivity index is 1.78. The molecule has 1 aromatic carbocycles. The number of nitrogens with zero attached hydrogens (tertiary/aromatic N) is 6. The summed E-state index contributed by atoms with van der Waals surface area (Å²) in [6.45, 7) is 3.73. The topological polar surface area (TPSA) is 115 Å². The summed E-state index contributed by atoms with van der Waals surface area (Å²) < 4.78 is 3.20. The largest absolute Gasteiger partial charge is 0.384 e. The summed E-state index contributed by atoms with van der Waals surface area (Å²) in [6.07, 6.45) is 3.36. The molecular weight excluding hydrogens is 414 g/mol. The molecule has 0 fully saturated rings. The van der Waals surface area contributed by atoms with Crippen LogP contribution in [0.15, 0.2) is 65.7 Å². The zero-order valence-corrected chi connectivity index (χ0v) is 18.4. The molecule has 33 heavy (non-hydrogen) atoms. The van der Waals surface area contributed by atoms with Crippen LogP contribution < -0.4 is 11.4 Å². The number of rotatable bonds is 3. The van der Waals surface area contributed by atoms with Gasteiger partial charge in [0, 0.05) is 18.8 Å². The van der Waals surface area contributed by atoms with Gasteiger partial charge in [-0.15, -0.1) is 0 Å². The van der Waals surface area contributed by atoms with Crippen molar-refractivity contribution < 1.29 is 0 Å². The second-order valence-corrected chi connectivity index (χ2v) is 8.49. The molecule has 8 nitrogen and oxygen atoms in total. The van der Waals surface area contributed by atoms with E-state index in [9.17, 15) is 10.1 Å². The minimum Gasteiger partial charge on any atom is -0.384 e. The van der Waals surface area contributed by atoms with Gasteiger partial charge >= 0.3 is 5.69 Å². The van der Waals surface area contributed by atoms with Crippen molar-refractivity contribution in [1.29, 1.82) is 5.26 Å². The third-order valence-corrected chi connectivity index (χ3v) is 5.94. The number of nitriles is 1. The Morgan fingerprint density at radius 2 is 1.76 bits per heavy atom. The van der Waals surface area contributed by atoms with Crippen molar-refractivity contribution >= 4 is 27.9 Å². The molecule has 5 rings (SSSR count). The first-order chi connectivity index (χ1) is 15.8. The number of pyridine rings is 3. The molecule has 0 aliphatic rings. The van der Waals surface area contributed by atoms with Crippen molar-refractivity contribution in [3.05, 3.63) is 77.0 Å². The number of imidazole rings is 1. The molecule has 0 saturated heterocycles. The molecule has 0 bridgehead atoms. The number of hydrogen-bond acceptors (Lipinski definition) is 6. The lowest BCUT2D eigenvalue weighted by atomic mass is 9.86. The van der Waals surface area contributed by atoms with Gasteiger partial charge < -0.3 is 5.73 Å². The maximum absolute atomic E-state index is 13.3. The molecule has 0 aliphatic heterocycles. The van der Waals surface area contributed by atoms with E-state index in [0.29, 0.717) is 39.3 Å². The van der Waals surface area contributed by atoms with Crippen LogP contribution in [0.4, 0.5) is 5.82 Å². The zero-order valence-electron chi connectivity index (χ0n) is 18.4. The molecule has 162 valence electrons. The summed E-state index contributed by atoms with van der Waals surface area (Å²) in [6, 6.07) is 17.1. The molecule has 4 heterocycles. The van der Waals surface area contributed by atoms with Crippen molar-refractivity contribution in [1.82, 2.24) is 24.1 Å². The number of hydrogen-bond donors (Lipinski definition) is 1. The van der Waals surface area contributed by atoms with Crippen LogP contribution in [0.1, 0.15) is 19.4 Å². The second-order valence-electron chi connectivity index (χ2n) is 8.49. The highest BCUT2D eigenvalue weighted by Gasteiger charge is 2.21. The predicted octanol–water partition coefficient (Wildman–Crippen LogP) is 3.72. The summed E-state index contributed by atoms with van der Waals surface area (Å²) in [5.74, 6) is 0.434. The highest BCUT2D eigenvalue weighted by atomic mass is 16.1. The van der Waals surface area contributed by atoms with E-state index in [2.05, 4.69) is 16.0 Å². The average molecular weight is 435 g/mol. The van der Waals surface area contributed by atoms with E-state index in [4.69, 9.17) is 10.7 Å². The minimum absolute atomic E-state index is 0.201. The standard InChI is InChI=1S/C25H21N7O/c1-25(2,14-26)16-5-7-17(8-6-16)32-23-20(31(3)24(32)33)13-28-19-10-9-18(30-22(19)23)15-4-11-21(27)29-12-15/h4-13H,1-3H3,(H2,27,29). The lowest BCUT2D eigenvalue weighted by Crippen LogP contribution is -2.21. The first kappa shape index (κ1) is 20.4. The van der Waals surface area contributed by atoms with Gasteiger partial charge in [0.15, 0.2) is 0 Å². The highest BCUT2D eigenvalue weighted by molar-refractivity contribution is 6.01. The molecule has 5 aromatic rings. The van der Waals surface area contributed by atoms with E-state index < -0.39 is 5.41 Å². The molecule has 0 radical (unpaired) electrons. The van der Waals surface area contributed by atoms with Gasteiger partial charge in [-0.05, 0) is 55.8 Å². The van der Waals surface area contributed by atoms with E-state index >= 15 is 0 Å². The van der Waals surface area contributed by atoms with Crippen molar-refractivity contribution in [3.8, 4) is 23.0 Å². The average Bonchev–Trinajstić information content (AvgIpc) is 3.09. The van der Waals surface area contributed by atoms with Crippen molar-refractivity contribution in [2.45, 2.75) is 19.3 Å². The highest BCUT2D eigenvalue weighted by Crippen LogP contribution is 2.28. The van der Waals surface area contributed by atoms with Crippen LogP contribution in [0.2, 0.25) is 0 Å². The monoisotopic (exact) mass is 435 g/mol. The Morgan fingerprint density at radius 3 is 2.42 bits per heavy atom. The molecule has 0 saturated carbocycles. The van der Waals surface area contributed by atoms with Gasteiger partial charge in [-0.1, -0.05) is 12.1 Å². The quantitative estimate of drug-likeness (QED) is 0.462. The first-order valence-electron chi connectivity index (χ1n) is 10.4. The van der Waals surface area contributed by atoms with E-state index in [-0.39, 0.29) is 5.69 Å². The van der Waals surface area contributed by atoms with Crippen LogP contribution >= 0.6 is 0 Å². The van der Waals surface area contributed by atoms with Gasteiger partial charge in [0.2, 0.25) is 0 Å². The molecule has 4 aromatic heterocycles. The number of fused-ring (bicyclic) bond motifs is 3. The minimum atomic E-state index is -0.623. The molecule has 2 N–H and O–H groups in total. The third-order valence-electron chi connectivity index (χ3n) is 5.94. The van der Waals surface area contributed by atoms with Crippen LogP contribution in [0.25, 0.3) is 39.0 Å². The molecule has 8 heteroatoms. The van der Waals surface area contributed by atoms with Crippen molar-refractivity contribution in [3.63, 3.8) is 0 Å². The lowest BCUT2D eigenvalue weighted by molar-refractivity contribution is 0.686. The fourth-order valence-electron chi connectivity index (χ4n) is 3.91. The molecule has 0 aliphatic carbocycles. The maximum Gasteiger partial charge on any atom is 0.333 e. The number of nitrogens with two attached hydrogens (primary N) is 1. The Morgan fingerprint density at radius 1 is 1.00 bits per heavy atom. The predicted molar refractivity (Wildman–Crippen MR) is 128 cm³/mol.